The average Bonchev–Trinajstić information content (AvgIpc) is 3.32. The van der Waals surface area contributed by atoms with Gasteiger partial charge in [0.2, 0.25) is 0 Å². The Hall–Kier alpha value is -3.85. The topological polar surface area (TPSA) is 109 Å². The number of fused-ring (bicyclic) bond motifs is 2. The maximum absolute atomic E-state index is 13.2. The van der Waals surface area contributed by atoms with Gasteiger partial charge < -0.3 is 24.5 Å². The Morgan fingerprint density at radius 2 is 2.03 bits per heavy atom. The standard InChI is InChI=1S/C25H26N4O5/c1-13-17(24(32)28-12-20(30)25(28,3)4)11-29-22(13)18(8-9-27-29)34-15-6-7-16-19(10-15)33-14(2)21(16)23(31)26-5/h6-11,20,30H,12H2,1-5H3,(H,26,31). The zero-order valence-electron chi connectivity index (χ0n) is 19.7. The number of β-amino-alcohol motifs (C(OH)–C–C–N with tert-alkyl or cyclic N) is 1. The van der Waals surface area contributed by atoms with Crippen LogP contribution in [0.4, 0.5) is 0 Å². The van der Waals surface area contributed by atoms with E-state index in [9.17, 15) is 14.7 Å². The Labute approximate surface area is 195 Å². The summed E-state index contributed by atoms with van der Waals surface area (Å²) < 4.78 is 13.6. The van der Waals surface area contributed by atoms with E-state index in [0.717, 1.165) is 5.56 Å². The number of aryl methyl sites for hydroxylation is 2. The minimum Gasteiger partial charge on any atom is -0.460 e. The van der Waals surface area contributed by atoms with Crippen LogP contribution in [-0.4, -0.2) is 56.7 Å². The third-order valence-corrected chi connectivity index (χ3v) is 6.75. The fraction of sp³-hybridized carbons (Fsp3) is 0.320. The molecule has 0 aliphatic carbocycles. The van der Waals surface area contributed by atoms with Crippen LogP contribution in [0.3, 0.4) is 0 Å². The van der Waals surface area contributed by atoms with Crippen molar-refractivity contribution >= 4 is 28.3 Å². The molecule has 176 valence electrons. The Morgan fingerprint density at radius 1 is 1.26 bits per heavy atom. The number of nitrogens with one attached hydrogen (secondary N) is 1. The van der Waals surface area contributed by atoms with Crippen molar-refractivity contribution in [3.63, 3.8) is 0 Å². The highest BCUT2D eigenvalue weighted by Gasteiger charge is 2.48. The van der Waals surface area contributed by atoms with Crippen LogP contribution in [0, 0.1) is 13.8 Å². The van der Waals surface area contributed by atoms with Crippen molar-refractivity contribution in [2.75, 3.05) is 13.6 Å². The number of aliphatic hydroxyl groups is 1. The quantitative estimate of drug-likeness (QED) is 0.481. The van der Waals surface area contributed by atoms with Crippen molar-refractivity contribution < 1.29 is 23.8 Å². The number of amides is 2. The number of benzene rings is 1. The summed E-state index contributed by atoms with van der Waals surface area (Å²) in [5.74, 6) is 1.22. The zero-order valence-corrected chi connectivity index (χ0v) is 19.7. The third-order valence-electron chi connectivity index (χ3n) is 6.75. The van der Waals surface area contributed by atoms with Crippen LogP contribution in [0.15, 0.2) is 41.1 Å². The van der Waals surface area contributed by atoms with Gasteiger partial charge in [0, 0.05) is 37.3 Å². The molecule has 9 nitrogen and oxygen atoms in total. The van der Waals surface area contributed by atoms with E-state index in [1.807, 2.05) is 20.8 Å². The summed E-state index contributed by atoms with van der Waals surface area (Å²) in [4.78, 5) is 27.1. The first-order valence-electron chi connectivity index (χ1n) is 11.0. The van der Waals surface area contributed by atoms with Crippen LogP contribution in [0.5, 0.6) is 11.5 Å². The van der Waals surface area contributed by atoms with Gasteiger partial charge in [-0.15, -0.1) is 0 Å². The number of aromatic nitrogens is 2. The van der Waals surface area contributed by atoms with E-state index in [2.05, 4.69) is 10.4 Å². The summed E-state index contributed by atoms with van der Waals surface area (Å²) >= 11 is 0. The van der Waals surface area contributed by atoms with E-state index < -0.39 is 11.6 Å². The van der Waals surface area contributed by atoms with Gasteiger partial charge in [-0.25, -0.2) is 4.52 Å². The SMILES string of the molecule is CNC(=O)c1c(C)oc2cc(Oc3ccnn4cc(C(=O)N5CC(O)C5(C)C)c(C)c34)ccc12. The molecule has 5 rings (SSSR count). The number of nitrogens with zero attached hydrogens (tertiary/aromatic N) is 3. The van der Waals surface area contributed by atoms with Crippen molar-refractivity contribution in [2.45, 2.75) is 39.3 Å². The maximum atomic E-state index is 13.2. The number of carbonyl (C=O) groups excluding carboxylic acids is 2. The second-order valence-electron chi connectivity index (χ2n) is 9.11. The van der Waals surface area contributed by atoms with Crippen molar-refractivity contribution in [2.24, 2.45) is 0 Å². The van der Waals surface area contributed by atoms with Crippen LogP contribution < -0.4 is 10.1 Å². The Balaban J connectivity index is 1.51. The molecule has 34 heavy (non-hydrogen) atoms. The highest BCUT2D eigenvalue weighted by atomic mass is 16.5. The van der Waals surface area contributed by atoms with E-state index in [0.29, 0.717) is 51.4 Å². The van der Waals surface area contributed by atoms with Gasteiger partial charge in [-0.2, -0.15) is 5.10 Å². The molecule has 3 aromatic heterocycles. The van der Waals surface area contributed by atoms with Crippen molar-refractivity contribution in [1.29, 1.82) is 0 Å². The second-order valence-corrected chi connectivity index (χ2v) is 9.11. The van der Waals surface area contributed by atoms with Gasteiger partial charge in [-0.05, 0) is 45.4 Å². The fourth-order valence-electron chi connectivity index (χ4n) is 4.51. The molecule has 0 bridgehead atoms. The first kappa shape index (κ1) is 22.0. The molecule has 1 saturated heterocycles. The lowest BCUT2D eigenvalue weighted by Crippen LogP contribution is -2.69. The molecule has 2 amide bonds. The maximum Gasteiger partial charge on any atom is 0.256 e. The highest BCUT2D eigenvalue weighted by Crippen LogP contribution is 2.36. The van der Waals surface area contributed by atoms with Crippen LogP contribution in [0.2, 0.25) is 0 Å². The van der Waals surface area contributed by atoms with Gasteiger partial charge in [-0.1, -0.05) is 0 Å². The van der Waals surface area contributed by atoms with Crippen LogP contribution in [0.25, 0.3) is 16.5 Å². The second kappa shape index (κ2) is 7.59. The average molecular weight is 463 g/mol. The molecule has 0 saturated carbocycles. The van der Waals surface area contributed by atoms with E-state index in [1.54, 1.807) is 60.0 Å². The summed E-state index contributed by atoms with van der Waals surface area (Å²) in [5, 5.41) is 17.7. The molecule has 2 N–H and O–H groups in total. The zero-order chi connectivity index (χ0) is 24.4. The first-order chi connectivity index (χ1) is 16.1. The molecule has 1 unspecified atom stereocenters. The van der Waals surface area contributed by atoms with Gasteiger partial charge in [0.15, 0.2) is 5.75 Å². The molecule has 9 heteroatoms. The number of rotatable bonds is 4. The van der Waals surface area contributed by atoms with E-state index >= 15 is 0 Å². The third kappa shape index (κ3) is 3.15. The number of aliphatic hydroxyl groups excluding tert-OH is 1. The molecule has 1 fully saturated rings. The van der Waals surface area contributed by atoms with Gasteiger partial charge in [0.25, 0.3) is 11.8 Å². The van der Waals surface area contributed by atoms with E-state index in [-0.39, 0.29) is 11.8 Å². The van der Waals surface area contributed by atoms with E-state index in [4.69, 9.17) is 9.15 Å². The molecule has 1 aromatic carbocycles. The Morgan fingerprint density at radius 3 is 2.71 bits per heavy atom. The molecule has 4 heterocycles. The number of likely N-dealkylation sites (tertiary alicyclic amines) is 1. The molecule has 1 aliphatic heterocycles. The van der Waals surface area contributed by atoms with Crippen molar-refractivity contribution in [3.8, 4) is 11.5 Å². The normalized spacial score (nSPS) is 17.1. The van der Waals surface area contributed by atoms with Crippen LogP contribution in [-0.2, 0) is 0 Å². The first-order valence-corrected chi connectivity index (χ1v) is 11.0. The predicted octanol–water partition coefficient (Wildman–Crippen LogP) is 3.44. The molecule has 1 aliphatic rings. The van der Waals surface area contributed by atoms with Crippen molar-refractivity contribution in [3.05, 3.63) is 59.1 Å². The van der Waals surface area contributed by atoms with Gasteiger partial charge in [0.05, 0.1) is 29.0 Å². The van der Waals surface area contributed by atoms with Gasteiger partial charge in [-0.3, -0.25) is 9.59 Å². The summed E-state index contributed by atoms with van der Waals surface area (Å²) in [7, 11) is 1.58. The predicted molar refractivity (Wildman–Crippen MR) is 125 cm³/mol. The van der Waals surface area contributed by atoms with Gasteiger partial charge in [0.1, 0.15) is 22.6 Å². The lowest BCUT2D eigenvalue weighted by atomic mass is 9.84. The molecule has 4 aromatic rings. The summed E-state index contributed by atoms with van der Waals surface area (Å²) in [6, 6.07) is 7.04. The number of hydrogen-bond donors (Lipinski definition) is 2. The number of carbonyl (C=O) groups is 2. The highest BCUT2D eigenvalue weighted by molar-refractivity contribution is 6.07. The lowest BCUT2D eigenvalue weighted by molar-refractivity contribution is -0.0928. The Bertz CT molecular complexity index is 1470. The fourth-order valence-corrected chi connectivity index (χ4v) is 4.51. The summed E-state index contributed by atoms with van der Waals surface area (Å²) in [5.41, 5.74) is 2.35. The summed E-state index contributed by atoms with van der Waals surface area (Å²) in [6.07, 6.45) is 2.75. The number of hydrogen-bond acceptors (Lipinski definition) is 6. The molecule has 0 radical (unpaired) electrons. The molecule has 1 atom stereocenters. The number of furan rings is 1. The van der Waals surface area contributed by atoms with Gasteiger partial charge >= 0.3 is 0 Å². The smallest absolute Gasteiger partial charge is 0.256 e. The van der Waals surface area contributed by atoms with E-state index in [1.165, 1.54) is 0 Å². The van der Waals surface area contributed by atoms with Crippen molar-refractivity contribution in [1.82, 2.24) is 19.8 Å². The minimum absolute atomic E-state index is 0.154. The Kier molecular flexibility index (Phi) is 4.91. The largest absolute Gasteiger partial charge is 0.460 e. The minimum atomic E-state index is -0.617. The molecular formula is C25H26N4O5. The lowest BCUT2D eigenvalue weighted by Gasteiger charge is -2.52. The monoisotopic (exact) mass is 462 g/mol. The molecular weight excluding hydrogens is 436 g/mol. The van der Waals surface area contributed by atoms with Crippen LogP contribution in [0.1, 0.15) is 45.9 Å². The van der Waals surface area contributed by atoms with Crippen LogP contribution >= 0.6 is 0 Å². The number of ether oxygens (including phenoxy) is 1. The molecule has 0 spiro atoms. The summed E-state index contributed by atoms with van der Waals surface area (Å²) in [6.45, 7) is 7.60.